The molecule has 182 valence electrons. The Labute approximate surface area is 199 Å². The first-order chi connectivity index (χ1) is 16.4. The smallest absolute Gasteiger partial charge is 0.324 e. The Morgan fingerprint density at radius 1 is 1.12 bits per heavy atom. The third kappa shape index (κ3) is 4.35. The van der Waals surface area contributed by atoms with Gasteiger partial charge in [0, 0.05) is 38.6 Å². The lowest BCUT2D eigenvalue weighted by Gasteiger charge is -2.52. The topological polar surface area (TPSA) is 99.3 Å². The second-order valence-electron chi connectivity index (χ2n) is 9.96. The fourth-order valence-corrected chi connectivity index (χ4v) is 6.08. The second kappa shape index (κ2) is 9.27. The minimum absolute atomic E-state index is 0.0175. The summed E-state index contributed by atoms with van der Waals surface area (Å²) in [5, 5.41) is 2.70. The highest BCUT2D eigenvalue weighted by atomic mass is 16.5. The Balaban J connectivity index is 1.16. The zero-order valence-corrected chi connectivity index (χ0v) is 19.6. The molecular weight excluding hydrogens is 436 g/mol. The van der Waals surface area contributed by atoms with Crippen LogP contribution in [0.1, 0.15) is 37.7 Å². The van der Waals surface area contributed by atoms with E-state index in [1.165, 1.54) is 4.90 Å². The van der Waals surface area contributed by atoms with Gasteiger partial charge in [0.2, 0.25) is 11.8 Å². The van der Waals surface area contributed by atoms with Crippen LogP contribution in [0.4, 0.5) is 4.79 Å². The van der Waals surface area contributed by atoms with Crippen LogP contribution in [0.2, 0.25) is 0 Å². The van der Waals surface area contributed by atoms with Crippen molar-refractivity contribution in [1.82, 2.24) is 20.0 Å². The second-order valence-corrected chi connectivity index (χ2v) is 9.96. The van der Waals surface area contributed by atoms with Crippen molar-refractivity contribution in [3.63, 3.8) is 0 Å². The number of amides is 5. The molecule has 4 heterocycles. The highest BCUT2D eigenvalue weighted by Crippen LogP contribution is 2.38. The van der Waals surface area contributed by atoms with Crippen molar-refractivity contribution < 1.29 is 23.9 Å². The van der Waals surface area contributed by atoms with Crippen LogP contribution in [-0.2, 0) is 20.8 Å². The van der Waals surface area contributed by atoms with Crippen molar-refractivity contribution in [2.24, 2.45) is 11.8 Å². The van der Waals surface area contributed by atoms with E-state index in [1.807, 2.05) is 34.1 Å². The number of urea groups is 1. The molecule has 1 aromatic carbocycles. The van der Waals surface area contributed by atoms with Gasteiger partial charge in [0.1, 0.15) is 11.8 Å². The van der Waals surface area contributed by atoms with Crippen molar-refractivity contribution in [2.45, 2.75) is 50.6 Å². The molecule has 2 bridgehead atoms. The quantitative estimate of drug-likeness (QED) is 0.637. The summed E-state index contributed by atoms with van der Waals surface area (Å²) >= 11 is 0. The third-order valence-electron chi connectivity index (χ3n) is 7.80. The summed E-state index contributed by atoms with van der Waals surface area (Å²) in [5.41, 5.74) is 0.996. The number of piperidine rings is 3. The van der Waals surface area contributed by atoms with Crippen LogP contribution in [-0.4, -0.2) is 83.8 Å². The number of rotatable bonds is 6. The van der Waals surface area contributed by atoms with E-state index in [-0.39, 0.29) is 42.6 Å². The molecule has 9 nitrogen and oxygen atoms in total. The monoisotopic (exact) mass is 468 g/mol. The molecule has 0 aliphatic carbocycles. The Bertz CT molecular complexity index is 980. The fourth-order valence-electron chi connectivity index (χ4n) is 6.08. The molecule has 5 amide bonds. The number of imide groups is 1. The molecule has 4 fully saturated rings. The first-order valence-electron chi connectivity index (χ1n) is 12.2. The number of nitrogens with zero attached hydrogens (tertiary/aromatic N) is 3. The maximum Gasteiger partial charge on any atom is 0.324 e. The summed E-state index contributed by atoms with van der Waals surface area (Å²) in [6, 6.07) is 6.49. The lowest BCUT2D eigenvalue weighted by molar-refractivity contribution is -0.149. The molecule has 4 atom stereocenters. The summed E-state index contributed by atoms with van der Waals surface area (Å²) in [5.74, 6) is 1.15. The van der Waals surface area contributed by atoms with Gasteiger partial charge in [-0.1, -0.05) is 12.1 Å². The van der Waals surface area contributed by atoms with Crippen LogP contribution >= 0.6 is 0 Å². The van der Waals surface area contributed by atoms with E-state index in [4.69, 9.17) is 4.74 Å². The van der Waals surface area contributed by atoms with E-state index in [2.05, 4.69) is 5.32 Å². The Morgan fingerprint density at radius 3 is 2.68 bits per heavy atom. The number of carbonyl (C=O) groups excluding carboxylic acids is 4. The largest absolute Gasteiger partial charge is 0.497 e. The van der Waals surface area contributed by atoms with E-state index >= 15 is 0 Å². The molecular formula is C25H32N4O5. The average Bonchev–Trinajstić information content (AvgIpc) is 3.10. The van der Waals surface area contributed by atoms with Gasteiger partial charge in [0.05, 0.1) is 13.5 Å². The van der Waals surface area contributed by atoms with Crippen LogP contribution < -0.4 is 10.1 Å². The first kappa shape index (κ1) is 22.7. The maximum absolute atomic E-state index is 13.1. The minimum atomic E-state index is -0.814. The molecule has 4 saturated heterocycles. The number of hydrogen-bond donors (Lipinski definition) is 1. The number of carbonyl (C=O) groups is 4. The standard InChI is InChI=1S/C25H32N4O5/c1-34-19-7-5-16(6-8-19)9-10-28-24(32)20(26-25(28)33)12-23(31)27-13-17-11-18(15-27)21-3-2-4-22(30)29(21)14-17/h5-8,17-18,20-21H,2-4,9-15H2,1H3,(H,26,33)/t17-,18+,20+,21-/m1/s1. The molecule has 0 radical (unpaired) electrons. The molecule has 0 spiro atoms. The third-order valence-corrected chi connectivity index (χ3v) is 7.80. The Kier molecular flexibility index (Phi) is 6.18. The van der Waals surface area contributed by atoms with Crippen molar-refractivity contribution in [3.05, 3.63) is 29.8 Å². The van der Waals surface area contributed by atoms with Gasteiger partial charge < -0.3 is 19.9 Å². The van der Waals surface area contributed by atoms with E-state index in [0.717, 1.165) is 37.1 Å². The minimum Gasteiger partial charge on any atom is -0.497 e. The van der Waals surface area contributed by atoms with E-state index in [9.17, 15) is 19.2 Å². The van der Waals surface area contributed by atoms with E-state index in [1.54, 1.807) is 7.11 Å². The molecule has 4 aliphatic heterocycles. The summed E-state index contributed by atoms with van der Waals surface area (Å²) in [6.07, 6.45) is 4.13. The van der Waals surface area contributed by atoms with Crippen LogP contribution in [0.5, 0.6) is 5.75 Å². The zero-order valence-electron chi connectivity index (χ0n) is 19.6. The Hall–Kier alpha value is -3.10. The number of benzene rings is 1. The van der Waals surface area contributed by atoms with Crippen LogP contribution in [0.25, 0.3) is 0 Å². The van der Waals surface area contributed by atoms with Gasteiger partial charge >= 0.3 is 6.03 Å². The normalized spacial score (nSPS) is 28.6. The molecule has 0 saturated carbocycles. The van der Waals surface area contributed by atoms with Crippen molar-refractivity contribution in [1.29, 1.82) is 0 Å². The highest BCUT2D eigenvalue weighted by molar-refractivity contribution is 6.05. The van der Waals surface area contributed by atoms with Gasteiger partial charge in [-0.3, -0.25) is 19.3 Å². The van der Waals surface area contributed by atoms with Crippen molar-refractivity contribution in [2.75, 3.05) is 33.3 Å². The summed E-state index contributed by atoms with van der Waals surface area (Å²) in [6.45, 7) is 2.23. The fraction of sp³-hybridized carbons (Fsp3) is 0.600. The van der Waals surface area contributed by atoms with Gasteiger partial charge in [-0.25, -0.2) is 4.79 Å². The number of fused-ring (bicyclic) bond motifs is 4. The van der Waals surface area contributed by atoms with Gasteiger partial charge in [-0.05, 0) is 55.2 Å². The summed E-state index contributed by atoms with van der Waals surface area (Å²) in [7, 11) is 1.60. The maximum atomic E-state index is 13.1. The van der Waals surface area contributed by atoms with Crippen molar-refractivity contribution >= 4 is 23.8 Å². The molecule has 1 aromatic rings. The molecule has 34 heavy (non-hydrogen) atoms. The number of likely N-dealkylation sites (tertiary alicyclic amines) is 1. The number of nitrogens with one attached hydrogen (secondary N) is 1. The van der Waals surface area contributed by atoms with E-state index in [0.29, 0.717) is 31.8 Å². The molecule has 1 N–H and O–H groups in total. The van der Waals surface area contributed by atoms with Gasteiger partial charge in [0.25, 0.3) is 5.91 Å². The van der Waals surface area contributed by atoms with Crippen LogP contribution in [0.3, 0.4) is 0 Å². The molecule has 4 aliphatic rings. The van der Waals surface area contributed by atoms with Gasteiger partial charge in [-0.15, -0.1) is 0 Å². The van der Waals surface area contributed by atoms with Gasteiger partial charge in [-0.2, -0.15) is 0 Å². The number of hydrogen-bond acceptors (Lipinski definition) is 5. The van der Waals surface area contributed by atoms with Crippen LogP contribution in [0.15, 0.2) is 24.3 Å². The average molecular weight is 469 g/mol. The number of methoxy groups -OCH3 is 1. The lowest BCUT2D eigenvalue weighted by atomic mass is 9.76. The Morgan fingerprint density at radius 2 is 1.91 bits per heavy atom. The predicted molar refractivity (Wildman–Crippen MR) is 123 cm³/mol. The molecule has 0 aromatic heterocycles. The van der Waals surface area contributed by atoms with Crippen LogP contribution in [0, 0.1) is 11.8 Å². The highest BCUT2D eigenvalue weighted by Gasteiger charge is 2.46. The van der Waals surface area contributed by atoms with E-state index < -0.39 is 12.1 Å². The number of ether oxygens (including phenoxy) is 1. The van der Waals surface area contributed by atoms with Crippen molar-refractivity contribution in [3.8, 4) is 5.75 Å². The first-order valence-corrected chi connectivity index (χ1v) is 12.2. The predicted octanol–water partition coefficient (Wildman–Crippen LogP) is 1.41. The molecule has 9 heteroatoms. The summed E-state index contributed by atoms with van der Waals surface area (Å²) in [4.78, 5) is 55.9. The zero-order chi connectivity index (χ0) is 23.8. The summed E-state index contributed by atoms with van der Waals surface area (Å²) < 4.78 is 5.16. The molecule has 5 rings (SSSR count). The molecule has 0 unspecified atom stereocenters. The SMILES string of the molecule is COc1ccc(CCN2C(=O)N[C@@H](CC(=O)N3C[C@H]4C[C@@H](C3)[C@H]3CCCC(=O)N3C4)C2=O)cc1. The lowest BCUT2D eigenvalue weighted by Crippen LogP contribution is -2.61. The van der Waals surface area contributed by atoms with Gasteiger partial charge in [0.15, 0.2) is 0 Å².